The van der Waals surface area contributed by atoms with Gasteiger partial charge in [0, 0.05) is 5.41 Å². The number of unbranched alkanes of at least 4 members (excludes halogenated alkanes) is 2. The predicted octanol–water partition coefficient (Wildman–Crippen LogP) is 6.23. The number of hydrogen-bond donors (Lipinski definition) is 0. The first kappa shape index (κ1) is 20.8. The van der Waals surface area contributed by atoms with E-state index in [9.17, 15) is 0 Å². The van der Waals surface area contributed by atoms with Crippen LogP contribution in [0.15, 0.2) is 74.2 Å². The number of benzene rings is 2. The second kappa shape index (κ2) is 12.0. The highest BCUT2D eigenvalue weighted by molar-refractivity contribution is 5.39. The van der Waals surface area contributed by atoms with Crippen molar-refractivity contribution in [3.8, 4) is 0 Å². The zero-order valence-corrected chi connectivity index (χ0v) is 16.2. The first-order valence-electron chi connectivity index (χ1n) is 9.72. The molecule has 27 heavy (non-hydrogen) atoms. The van der Waals surface area contributed by atoms with Gasteiger partial charge in [-0.25, -0.2) is 0 Å². The van der Waals surface area contributed by atoms with Crippen LogP contribution in [0.25, 0.3) is 0 Å². The molecule has 0 unspecified atom stereocenters. The van der Waals surface area contributed by atoms with Crippen LogP contribution >= 0.6 is 0 Å². The molecule has 0 saturated carbocycles. The van der Waals surface area contributed by atoms with Crippen molar-refractivity contribution < 1.29 is 9.47 Å². The molecule has 0 saturated heterocycles. The molecule has 2 rings (SSSR count). The summed E-state index contributed by atoms with van der Waals surface area (Å²) in [7, 11) is 0. The van der Waals surface area contributed by atoms with Crippen LogP contribution in [0.5, 0.6) is 0 Å². The summed E-state index contributed by atoms with van der Waals surface area (Å²) in [5, 5.41) is 0. The highest BCUT2D eigenvalue weighted by Gasteiger charge is 2.33. The van der Waals surface area contributed by atoms with Crippen molar-refractivity contribution in [2.75, 3.05) is 13.2 Å². The maximum atomic E-state index is 5.31. The third-order valence-electron chi connectivity index (χ3n) is 5.01. The molecule has 2 heteroatoms. The minimum Gasteiger partial charge on any atom is -0.502 e. The third kappa shape index (κ3) is 6.32. The molecule has 0 bridgehead atoms. The van der Waals surface area contributed by atoms with Crippen molar-refractivity contribution in [1.82, 2.24) is 0 Å². The van der Waals surface area contributed by atoms with Crippen LogP contribution in [-0.4, -0.2) is 13.2 Å². The predicted molar refractivity (Wildman–Crippen MR) is 111 cm³/mol. The van der Waals surface area contributed by atoms with Crippen molar-refractivity contribution >= 4 is 0 Å². The number of rotatable bonds is 14. The lowest BCUT2D eigenvalue weighted by molar-refractivity contribution is 0.230. The minimum atomic E-state index is -0.0213. The summed E-state index contributed by atoms with van der Waals surface area (Å²) in [6.07, 6.45) is 9.41. The third-order valence-corrected chi connectivity index (χ3v) is 5.01. The van der Waals surface area contributed by atoms with Crippen LogP contribution in [0.4, 0.5) is 0 Å². The van der Waals surface area contributed by atoms with Gasteiger partial charge in [0.2, 0.25) is 0 Å². The Balaban J connectivity index is 2.24. The van der Waals surface area contributed by atoms with Gasteiger partial charge in [0.05, 0.1) is 25.7 Å². The maximum Gasteiger partial charge on any atom is 0.0873 e. The Morgan fingerprint density at radius 1 is 0.704 bits per heavy atom. The Hall–Kier alpha value is -2.48. The van der Waals surface area contributed by atoms with Gasteiger partial charge in [0.25, 0.3) is 0 Å². The first-order valence-corrected chi connectivity index (χ1v) is 9.72. The van der Waals surface area contributed by atoms with E-state index in [0.717, 1.165) is 51.7 Å². The quantitative estimate of drug-likeness (QED) is 0.293. The van der Waals surface area contributed by atoms with E-state index in [4.69, 9.17) is 9.47 Å². The zero-order valence-electron chi connectivity index (χ0n) is 16.2. The average molecular weight is 363 g/mol. The largest absolute Gasteiger partial charge is 0.502 e. The van der Waals surface area contributed by atoms with E-state index in [1.54, 1.807) is 0 Å². The summed E-state index contributed by atoms with van der Waals surface area (Å²) < 4.78 is 10.6. The maximum absolute atomic E-state index is 5.31. The van der Waals surface area contributed by atoms with Crippen LogP contribution in [0.3, 0.4) is 0 Å². The van der Waals surface area contributed by atoms with E-state index >= 15 is 0 Å². The minimum absolute atomic E-state index is 0.0213. The van der Waals surface area contributed by atoms with E-state index in [-0.39, 0.29) is 5.41 Å². The van der Waals surface area contributed by atoms with Crippen LogP contribution in [0.2, 0.25) is 0 Å². The Bertz CT molecular complexity index is 589. The topological polar surface area (TPSA) is 18.5 Å². The fraction of sp³-hybridized carbons (Fsp3) is 0.360. The van der Waals surface area contributed by atoms with Crippen molar-refractivity contribution in [2.24, 2.45) is 0 Å². The lowest BCUT2D eigenvalue weighted by Gasteiger charge is -2.36. The fourth-order valence-electron chi connectivity index (χ4n) is 3.67. The molecule has 0 fully saturated rings. The normalized spacial score (nSPS) is 11.0. The summed E-state index contributed by atoms with van der Waals surface area (Å²) in [6, 6.07) is 23.2. The molecule has 2 aromatic carbocycles. The molecule has 0 aromatic heterocycles. The van der Waals surface area contributed by atoms with Gasteiger partial charge in [0.15, 0.2) is 0 Å². The smallest absolute Gasteiger partial charge is 0.0873 e. The lowest BCUT2D eigenvalue weighted by Crippen LogP contribution is -2.28. The summed E-state index contributed by atoms with van der Waals surface area (Å²) in [5.41, 5.74) is 2.68. The van der Waals surface area contributed by atoms with Gasteiger partial charge in [0.1, 0.15) is 0 Å². The summed E-state index contributed by atoms with van der Waals surface area (Å²) >= 11 is 0. The van der Waals surface area contributed by atoms with Crippen molar-refractivity contribution in [3.63, 3.8) is 0 Å². The molecule has 0 N–H and O–H groups in total. The molecule has 2 aromatic rings. The van der Waals surface area contributed by atoms with E-state index in [0.29, 0.717) is 0 Å². The summed E-state index contributed by atoms with van der Waals surface area (Å²) in [5.74, 6) is 0. The van der Waals surface area contributed by atoms with Gasteiger partial charge in [-0.2, -0.15) is 0 Å². The Labute approximate surface area is 164 Å². The van der Waals surface area contributed by atoms with Crippen molar-refractivity contribution in [3.05, 3.63) is 97.5 Å². The van der Waals surface area contributed by atoms with E-state index in [2.05, 4.69) is 49.6 Å². The first-order chi connectivity index (χ1) is 13.3. The average Bonchev–Trinajstić information content (AvgIpc) is 2.73. The molecule has 0 aliphatic heterocycles. The Morgan fingerprint density at radius 3 is 1.48 bits per heavy atom. The van der Waals surface area contributed by atoms with Crippen LogP contribution in [0.1, 0.15) is 49.7 Å². The Kier molecular flexibility index (Phi) is 9.26. The molecule has 2 radical (unpaired) electrons. The van der Waals surface area contributed by atoms with E-state index < -0.39 is 0 Å². The second-order valence-corrected chi connectivity index (χ2v) is 6.65. The molecule has 0 aliphatic rings. The van der Waals surface area contributed by atoms with Crippen molar-refractivity contribution in [2.45, 2.75) is 43.9 Å². The molecular weight excluding hydrogens is 332 g/mol. The number of ether oxygens (including phenoxy) is 2. The molecule has 0 amide bonds. The van der Waals surface area contributed by atoms with Crippen LogP contribution in [0, 0.1) is 12.1 Å². The fourth-order valence-corrected chi connectivity index (χ4v) is 3.67. The zero-order chi connectivity index (χ0) is 19.2. The lowest BCUT2D eigenvalue weighted by atomic mass is 9.68. The highest BCUT2D eigenvalue weighted by Crippen LogP contribution is 2.41. The van der Waals surface area contributed by atoms with Crippen LogP contribution in [-0.2, 0) is 14.9 Å². The van der Waals surface area contributed by atoms with Gasteiger partial charge < -0.3 is 9.47 Å². The van der Waals surface area contributed by atoms with Gasteiger partial charge in [-0.05, 0) is 61.8 Å². The number of hydrogen-bond acceptors (Lipinski definition) is 2. The molecule has 0 atom stereocenters. The Morgan fingerprint density at radius 2 is 1.11 bits per heavy atom. The van der Waals surface area contributed by atoms with Crippen molar-refractivity contribution in [1.29, 1.82) is 0 Å². The molecule has 0 spiro atoms. The van der Waals surface area contributed by atoms with E-state index in [1.807, 2.05) is 24.3 Å². The SMILES string of the molecule is C=COCCCCC(CCCCOC=C)(c1cc[c]cc1)c1cc[c]cc1. The highest BCUT2D eigenvalue weighted by atomic mass is 16.5. The molecule has 0 aliphatic carbocycles. The second-order valence-electron chi connectivity index (χ2n) is 6.65. The van der Waals surface area contributed by atoms with Gasteiger partial charge in [-0.15, -0.1) is 0 Å². The molecule has 0 heterocycles. The molecule has 2 nitrogen and oxygen atoms in total. The molecule has 142 valence electrons. The summed E-state index contributed by atoms with van der Waals surface area (Å²) in [4.78, 5) is 0. The van der Waals surface area contributed by atoms with Gasteiger partial charge in [-0.1, -0.05) is 61.7 Å². The van der Waals surface area contributed by atoms with Gasteiger partial charge >= 0.3 is 0 Å². The van der Waals surface area contributed by atoms with E-state index in [1.165, 1.54) is 23.7 Å². The monoisotopic (exact) mass is 362 g/mol. The summed E-state index contributed by atoms with van der Waals surface area (Å²) in [6.45, 7) is 8.68. The van der Waals surface area contributed by atoms with Crippen LogP contribution < -0.4 is 0 Å². The standard InChI is InChI=1S/C25H30O2/c1-3-26-21-13-11-19-25(20-12-14-22-27-4-2,23-15-7-5-8-16-23)24-17-9-6-10-18-24/h3-4,7-10,15-18H,1-2,11-14,19-22H2. The van der Waals surface area contributed by atoms with Gasteiger partial charge in [-0.3, -0.25) is 0 Å². The molecular formula is C25H30O2.